The first-order chi connectivity index (χ1) is 9.10. The molecule has 1 aromatic carbocycles. The van der Waals surface area contributed by atoms with E-state index in [2.05, 4.69) is 18.7 Å². The number of rotatable bonds is 4. The number of hydrogen-bond acceptors (Lipinski definition) is 3. The van der Waals surface area contributed by atoms with Crippen molar-refractivity contribution in [3.8, 4) is 5.75 Å². The van der Waals surface area contributed by atoms with Crippen molar-refractivity contribution >= 4 is 17.9 Å². The van der Waals surface area contributed by atoms with Crippen LogP contribution in [0, 0.1) is 0 Å². The minimum atomic E-state index is 0.217. The van der Waals surface area contributed by atoms with E-state index < -0.39 is 0 Å². The number of halogens is 1. The molecular formula is C15H20ClNO2. The Morgan fingerprint density at radius 2 is 2.05 bits per heavy atom. The number of nitrogens with zero attached hydrogens (tertiary/aromatic N) is 1. The third kappa shape index (κ3) is 3.71. The Hall–Kier alpha value is -1.06. The third-order valence-corrected chi connectivity index (χ3v) is 3.89. The van der Waals surface area contributed by atoms with Gasteiger partial charge in [-0.2, -0.15) is 0 Å². The molecule has 1 aliphatic rings. The van der Waals surface area contributed by atoms with Crippen LogP contribution in [-0.2, 0) is 0 Å². The Bertz CT molecular complexity index is 440. The highest BCUT2D eigenvalue weighted by Gasteiger charge is 2.22. The van der Waals surface area contributed by atoms with Crippen molar-refractivity contribution in [3.63, 3.8) is 0 Å². The summed E-state index contributed by atoms with van der Waals surface area (Å²) in [6.07, 6.45) is 3.04. The quantitative estimate of drug-likeness (QED) is 0.792. The first-order valence-corrected chi connectivity index (χ1v) is 7.13. The average molecular weight is 282 g/mol. The summed E-state index contributed by atoms with van der Waals surface area (Å²) >= 11 is 6.11. The molecule has 1 aliphatic heterocycles. The van der Waals surface area contributed by atoms with E-state index in [0.717, 1.165) is 32.2 Å². The molecule has 3 nitrogen and oxygen atoms in total. The summed E-state index contributed by atoms with van der Waals surface area (Å²) in [7, 11) is 0. The fraction of sp³-hybridized carbons (Fsp3) is 0.533. The SMILES string of the molecule is CC(C)N1CCC(Oc2ccc(C=O)cc2Cl)CC1. The highest BCUT2D eigenvalue weighted by Crippen LogP contribution is 2.28. The number of ether oxygens (including phenoxy) is 1. The van der Waals surface area contributed by atoms with E-state index in [4.69, 9.17) is 16.3 Å². The van der Waals surface area contributed by atoms with Crippen LogP contribution in [0.2, 0.25) is 5.02 Å². The molecule has 0 spiro atoms. The largest absolute Gasteiger partial charge is 0.489 e. The van der Waals surface area contributed by atoms with Gasteiger partial charge in [0.1, 0.15) is 18.1 Å². The van der Waals surface area contributed by atoms with E-state index in [0.29, 0.717) is 22.4 Å². The van der Waals surface area contributed by atoms with Crippen molar-refractivity contribution in [2.75, 3.05) is 13.1 Å². The summed E-state index contributed by atoms with van der Waals surface area (Å²) in [6, 6.07) is 5.75. The fourth-order valence-electron chi connectivity index (χ4n) is 2.38. The number of aldehydes is 1. The molecule has 0 atom stereocenters. The number of carbonyl (C=O) groups excluding carboxylic acids is 1. The summed E-state index contributed by atoms with van der Waals surface area (Å²) in [5.41, 5.74) is 0.576. The maximum Gasteiger partial charge on any atom is 0.150 e. The van der Waals surface area contributed by atoms with E-state index >= 15 is 0 Å². The maximum absolute atomic E-state index is 10.7. The summed E-state index contributed by atoms with van der Waals surface area (Å²) in [5, 5.41) is 0.510. The lowest BCUT2D eigenvalue weighted by molar-refractivity contribution is 0.0844. The van der Waals surface area contributed by atoms with Gasteiger partial charge < -0.3 is 9.64 Å². The molecule has 104 valence electrons. The molecule has 4 heteroatoms. The van der Waals surface area contributed by atoms with Crippen molar-refractivity contribution in [2.24, 2.45) is 0 Å². The highest BCUT2D eigenvalue weighted by molar-refractivity contribution is 6.32. The van der Waals surface area contributed by atoms with Gasteiger partial charge >= 0.3 is 0 Å². The van der Waals surface area contributed by atoms with Gasteiger partial charge in [-0.1, -0.05) is 11.6 Å². The van der Waals surface area contributed by atoms with Gasteiger partial charge in [-0.3, -0.25) is 4.79 Å². The van der Waals surface area contributed by atoms with E-state index in [9.17, 15) is 4.79 Å². The van der Waals surface area contributed by atoms with E-state index in [-0.39, 0.29) is 6.10 Å². The second kappa shape index (κ2) is 6.40. The normalized spacial score (nSPS) is 17.7. The average Bonchev–Trinajstić information content (AvgIpc) is 2.41. The summed E-state index contributed by atoms with van der Waals surface area (Å²) in [4.78, 5) is 13.1. The van der Waals surface area contributed by atoms with E-state index in [1.165, 1.54) is 0 Å². The molecule has 1 aromatic rings. The smallest absolute Gasteiger partial charge is 0.150 e. The molecule has 19 heavy (non-hydrogen) atoms. The molecule has 0 aliphatic carbocycles. The van der Waals surface area contributed by atoms with Gasteiger partial charge in [0, 0.05) is 24.7 Å². The predicted octanol–water partition coefficient (Wildman–Crippen LogP) is 3.40. The number of piperidine rings is 1. The predicted molar refractivity (Wildman–Crippen MR) is 77.2 cm³/mol. The van der Waals surface area contributed by atoms with Crippen LogP contribution in [0.4, 0.5) is 0 Å². The van der Waals surface area contributed by atoms with Crippen molar-refractivity contribution in [3.05, 3.63) is 28.8 Å². The Balaban J connectivity index is 1.94. The van der Waals surface area contributed by atoms with Crippen LogP contribution >= 0.6 is 11.6 Å². The van der Waals surface area contributed by atoms with Crippen LogP contribution in [0.5, 0.6) is 5.75 Å². The zero-order valence-corrected chi connectivity index (χ0v) is 12.2. The van der Waals surface area contributed by atoms with Crippen LogP contribution in [0.15, 0.2) is 18.2 Å². The van der Waals surface area contributed by atoms with Crippen LogP contribution in [0.1, 0.15) is 37.0 Å². The molecule has 0 unspecified atom stereocenters. The molecule has 1 fully saturated rings. The van der Waals surface area contributed by atoms with Crippen molar-refractivity contribution in [1.29, 1.82) is 0 Å². The monoisotopic (exact) mass is 281 g/mol. The molecule has 0 bridgehead atoms. The Morgan fingerprint density at radius 3 is 2.58 bits per heavy atom. The molecule has 1 saturated heterocycles. The zero-order valence-electron chi connectivity index (χ0n) is 11.4. The molecule has 0 radical (unpaired) electrons. The number of carbonyl (C=O) groups is 1. The van der Waals surface area contributed by atoms with Crippen LogP contribution in [0.25, 0.3) is 0 Å². The van der Waals surface area contributed by atoms with Crippen LogP contribution < -0.4 is 4.74 Å². The topological polar surface area (TPSA) is 29.5 Å². The molecule has 2 rings (SSSR count). The summed E-state index contributed by atoms with van der Waals surface area (Å²) in [6.45, 7) is 6.56. The number of benzene rings is 1. The van der Waals surface area contributed by atoms with Crippen LogP contribution in [0.3, 0.4) is 0 Å². The van der Waals surface area contributed by atoms with Crippen molar-refractivity contribution in [2.45, 2.75) is 38.8 Å². The Kier molecular flexibility index (Phi) is 4.83. The van der Waals surface area contributed by atoms with Gasteiger partial charge in [-0.15, -0.1) is 0 Å². The van der Waals surface area contributed by atoms with Gasteiger partial charge in [0.05, 0.1) is 5.02 Å². The maximum atomic E-state index is 10.7. The standard InChI is InChI=1S/C15H20ClNO2/c1-11(2)17-7-5-13(6-8-17)19-15-4-3-12(10-18)9-14(15)16/h3-4,9-11,13H,5-8H2,1-2H3. The first kappa shape index (κ1) is 14.4. The molecule has 1 heterocycles. The lowest BCUT2D eigenvalue weighted by Crippen LogP contribution is -2.41. The fourth-order valence-corrected chi connectivity index (χ4v) is 2.61. The minimum absolute atomic E-state index is 0.217. The molecule has 0 amide bonds. The van der Waals surface area contributed by atoms with Gasteiger partial charge in [0.15, 0.2) is 0 Å². The lowest BCUT2D eigenvalue weighted by Gasteiger charge is -2.34. The summed E-state index contributed by atoms with van der Waals surface area (Å²) < 4.78 is 5.94. The molecule has 0 aromatic heterocycles. The molecular weight excluding hydrogens is 262 g/mol. The lowest BCUT2D eigenvalue weighted by atomic mass is 10.1. The second-order valence-corrected chi connectivity index (χ2v) is 5.66. The van der Waals surface area contributed by atoms with Gasteiger partial charge in [0.25, 0.3) is 0 Å². The van der Waals surface area contributed by atoms with Gasteiger partial charge in [-0.25, -0.2) is 0 Å². The Labute approximate surface area is 119 Å². The van der Waals surface area contributed by atoms with E-state index in [1.54, 1.807) is 18.2 Å². The van der Waals surface area contributed by atoms with Crippen molar-refractivity contribution < 1.29 is 9.53 Å². The van der Waals surface area contributed by atoms with Gasteiger partial charge in [0.2, 0.25) is 0 Å². The van der Waals surface area contributed by atoms with Crippen molar-refractivity contribution in [1.82, 2.24) is 4.90 Å². The number of hydrogen-bond donors (Lipinski definition) is 0. The van der Waals surface area contributed by atoms with Gasteiger partial charge in [-0.05, 0) is 44.9 Å². The molecule has 0 N–H and O–H groups in total. The third-order valence-electron chi connectivity index (χ3n) is 3.59. The zero-order chi connectivity index (χ0) is 13.8. The minimum Gasteiger partial charge on any atom is -0.489 e. The first-order valence-electron chi connectivity index (χ1n) is 6.75. The Morgan fingerprint density at radius 1 is 1.37 bits per heavy atom. The van der Waals surface area contributed by atoms with E-state index in [1.807, 2.05) is 0 Å². The summed E-state index contributed by atoms with van der Waals surface area (Å²) in [5.74, 6) is 0.676. The number of likely N-dealkylation sites (tertiary alicyclic amines) is 1. The highest BCUT2D eigenvalue weighted by atomic mass is 35.5. The molecule has 0 saturated carbocycles. The van der Waals surface area contributed by atoms with Crippen LogP contribution in [-0.4, -0.2) is 36.4 Å². The second-order valence-electron chi connectivity index (χ2n) is 5.25.